The van der Waals surface area contributed by atoms with Gasteiger partial charge in [0.2, 0.25) is 0 Å². The van der Waals surface area contributed by atoms with Crippen molar-refractivity contribution in [1.29, 1.82) is 0 Å². The number of hydrogen-bond donors (Lipinski definition) is 3. The average molecular weight is 395 g/mol. The van der Waals surface area contributed by atoms with Crippen LogP contribution < -0.4 is 11.1 Å². The van der Waals surface area contributed by atoms with Crippen molar-refractivity contribution in [2.75, 3.05) is 5.32 Å². The zero-order valence-electron chi connectivity index (χ0n) is 15.5. The average Bonchev–Trinajstić information content (AvgIpc) is 2.70. The van der Waals surface area contributed by atoms with Crippen LogP contribution >= 0.6 is 11.6 Å². The summed E-state index contributed by atoms with van der Waals surface area (Å²) < 4.78 is 0. The monoisotopic (exact) mass is 394 g/mol. The van der Waals surface area contributed by atoms with E-state index in [1.807, 2.05) is 42.5 Å². The quantitative estimate of drug-likeness (QED) is 0.589. The summed E-state index contributed by atoms with van der Waals surface area (Å²) in [5.41, 5.74) is 7.84. The van der Waals surface area contributed by atoms with Gasteiger partial charge in [-0.25, -0.2) is 9.97 Å². The van der Waals surface area contributed by atoms with E-state index in [-0.39, 0.29) is 5.75 Å². The van der Waals surface area contributed by atoms with Crippen molar-refractivity contribution in [3.05, 3.63) is 58.9 Å². The Morgan fingerprint density at radius 1 is 1.00 bits per heavy atom. The molecule has 0 spiro atoms. The Kier molecular flexibility index (Phi) is 5.46. The lowest BCUT2D eigenvalue weighted by atomic mass is 9.92. The van der Waals surface area contributed by atoms with E-state index < -0.39 is 0 Å². The minimum absolute atomic E-state index is 0.203. The van der Waals surface area contributed by atoms with Gasteiger partial charge in [0.1, 0.15) is 11.6 Å². The minimum atomic E-state index is 0.203. The number of hydrogen-bond acceptors (Lipinski definition) is 5. The van der Waals surface area contributed by atoms with E-state index in [2.05, 4.69) is 10.3 Å². The van der Waals surface area contributed by atoms with E-state index in [9.17, 15) is 5.11 Å². The van der Waals surface area contributed by atoms with Crippen LogP contribution in [0.3, 0.4) is 0 Å². The fourth-order valence-corrected chi connectivity index (χ4v) is 3.65. The summed E-state index contributed by atoms with van der Waals surface area (Å²) in [4.78, 5) is 9.33. The number of nitrogens with two attached hydrogens (primary N) is 1. The van der Waals surface area contributed by atoms with Gasteiger partial charge in [-0.3, -0.25) is 0 Å². The molecule has 0 amide bonds. The Bertz CT molecular complexity index is 995. The van der Waals surface area contributed by atoms with Crippen molar-refractivity contribution >= 4 is 40.5 Å². The van der Waals surface area contributed by atoms with E-state index in [0.29, 0.717) is 22.9 Å². The molecule has 1 fully saturated rings. The van der Waals surface area contributed by atoms with Gasteiger partial charge in [0.25, 0.3) is 0 Å². The van der Waals surface area contributed by atoms with Crippen LogP contribution in [-0.4, -0.2) is 27.2 Å². The zero-order valence-corrected chi connectivity index (χ0v) is 16.2. The number of fused-ring (bicyclic) bond motifs is 1. The van der Waals surface area contributed by atoms with Crippen molar-refractivity contribution < 1.29 is 5.11 Å². The first kappa shape index (κ1) is 18.7. The number of phenolic OH excluding ortho intramolecular Hbond substituents is 1. The molecule has 5 nitrogen and oxygen atoms in total. The highest BCUT2D eigenvalue weighted by molar-refractivity contribution is 6.30. The SMILES string of the molecule is NC1CCC(Nc2nc(/C=C/c3ccc(Cl)cc3)nc3ccc(O)cc23)CC1. The lowest BCUT2D eigenvalue weighted by Crippen LogP contribution is -2.33. The first-order valence-electron chi connectivity index (χ1n) is 9.53. The first-order chi connectivity index (χ1) is 13.6. The van der Waals surface area contributed by atoms with Gasteiger partial charge in [-0.15, -0.1) is 0 Å². The molecule has 1 heterocycles. The van der Waals surface area contributed by atoms with Crippen LogP contribution in [0.15, 0.2) is 42.5 Å². The number of rotatable bonds is 4. The third-order valence-electron chi connectivity index (χ3n) is 5.10. The van der Waals surface area contributed by atoms with Gasteiger partial charge in [-0.1, -0.05) is 29.8 Å². The lowest BCUT2D eigenvalue weighted by Gasteiger charge is -2.27. The predicted octanol–water partition coefficient (Wildman–Crippen LogP) is 4.84. The van der Waals surface area contributed by atoms with Gasteiger partial charge in [-0.2, -0.15) is 0 Å². The molecule has 2 aromatic carbocycles. The van der Waals surface area contributed by atoms with Gasteiger partial charge in [-0.05, 0) is 67.7 Å². The Hall–Kier alpha value is -2.63. The van der Waals surface area contributed by atoms with Crippen LogP contribution in [0.4, 0.5) is 5.82 Å². The highest BCUT2D eigenvalue weighted by Gasteiger charge is 2.20. The second kappa shape index (κ2) is 8.17. The Labute approximate surface area is 169 Å². The molecule has 4 N–H and O–H groups in total. The largest absolute Gasteiger partial charge is 0.508 e. The van der Waals surface area contributed by atoms with E-state index in [4.69, 9.17) is 22.3 Å². The second-order valence-corrected chi connectivity index (χ2v) is 7.71. The summed E-state index contributed by atoms with van der Waals surface area (Å²) >= 11 is 5.94. The van der Waals surface area contributed by atoms with Crippen molar-refractivity contribution in [2.24, 2.45) is 5.73 Å². The maximum atomic E-state index is 9.91. The first-order valence-corrected chi connectivity index (χ1v) is 9.91. The summed E-state index contributed by atoms with van der Waals surface area (Å²) in [5, 5.41) is 15.0. The molecule has 0 radical (unpaired) electrons. The van der Waals surface area contributed by atoms with Crippen LogP contribution in [0.2, 0.25) is 5.02 Å². The highest BCUT2D eigenvalue weighted by atomic mass is 35.5. The fraction of sp³-hybridized carbons (Fsp3) is 0.273. The number of phenols is 1. The Balaban J connectivity index is 1.65. The van der Waals surface area contributed by atoms with Crippen molar-refractivity contribution in [3.63, 3.8) is 0 Å². The number of nitrogens with one attached hydrogen (secondary N) is 1. The van der Waals surface area contributed by atoms with Gasteiger partial charge in [0.05, 0.1) is 5.52 Å². The van der Waals surface area contributed by atoms with Crippen molar-refractivity contribution in [1.82, 2.24) is 9.97 Å². The molecule has 3 aromatic rings. The van der Waals surface area contributed by atoms with E-state index in [0.717, 1.165) is 48.0 Å². The van der Waals surface area contributed by atoms with E-state index in [1.54, 1.807) is 12.1 Å². The molecule has 4 rings (SSSR count). The second-order valence-electron chi connectivity index (χ2n) is 7.27. The molecule has 6 heteroatoms. The third-order valence-corrected chi connectivity index (χ3v) is 5.36. The summed E-state index contributed by atoms with van der Waals surface area (Å²) in [6.07, 6.45) is 7.90. The molecule has 0 saturated heterocycles. The molecule has 1 saturated carbocycles. The van der Waals surface area contributed by atoms with Crippen LogP contribution in [-0.2, 0) is 0 Å². The topological polar surface area (TPSA) is 84.1 Å². The number of nitrogens with zero attached hydrogens (tertiary/aromatic N) is 2. The summed E-state index contributed by atoms with van der Waals surface area (Å²) in [7, 11) is 0. The summed E-state index contributed by atoms with van der Waals surface area (Å²) in [5.74, 6) is 1.56. The molecule has 1 aromatic heterocycles. The van der Waals surface area contributed by atoms with Crippen molar-refractivity contribution in [3.8, 4) is 5.75 Å². The number of anilines is 1. The van der Waals surface area contributed by atoms with Gasteiger partial charge < -0.3 is 16.2 Å². The number of halogens is 1. The maximum Gasteiger partial charge on any atom is 0.154 e. The summed E-state index contributed by atoms with van der Waals surface area (Å²) in [6.45, 7) is 0. The van der Waals surface area contributed by atoms with Crippen molar-refractivity contribution in [2.45, 2.75) is 37.8 Å². The standard InChI is InChI=1S/C22H23ClN4O/c23-15-4-1-14(2-5-15)3-12-21-26-20-11-10-18(28)13-19(20)22(27-21)25-17-8-6-16(24)7-9-17/h1-5,10-13,16-17,28H,6-9,24H2,(H,25,26,27)/b12-3+. The van der Waals surface area contributed by atoms with Gasteiger partial charge >= 0.3 is 0 Å². The third kappa shape index (κ3) is 4.43. The smallest absolute Gasteiger partial charge is 0.154 e. The zero-order chi connectivity index (χ0) is 19.5. The van der Waals surface area contributed by atoms with Crippen LogP contribution in [0.25, 0.3) is 23.1 Å². The molecule has 1 aliphatic carbocycles. The van der Waals surface area contributed by atoms with Gasteiger partial charge in [0.15, 0.2) is 5.82 Å². The minimum Gasteiger partial charge on any atom is -0.508 e. The van der Waals surface area contributed by atoms with Gasteiger partial charge in [0, 0.05) is 22.5 Å². The molecule has 0 atom stereocenters. The molecular formula is C22H23ClN4O. The highest BCUT2D eigenvalue weighted by Crippen LogP contribution is 2.28. The summed E-state index contributed by atoms with van der Waals surface area (Å²) in [6, 6.07) is 13.4. The Morgan fingerprint density at radius 2 is 1.75 bits per heavy atom. The van der Waals surface area contributed by atoms with E-state index >= 15 is 0 Å². The molecular weight excluding hydrogens is 372 g/mol. The van der Waals surface area contributed by atoms with Crippen LogP contribution in [0.1, 0.15) is 37.1 Å². The predicted molar refractivity (Wildman–Crippen MR) is 115 cm³/mol. The number of aromatic hydroxyl groups is 1. The Morgan fingerprint density at radius 3 is 2.50 bits per heavy atom. The van der Waals surface area contributed by atoms with E-state index in [1.165, 1.54) is 0 Å². The molecule has 1 aliphatic rings. The lowest BCUT2D eigenvalue weighted by molar-refractivity contribution is 0.410. The van der Waals surface area contributed by atoms with Crippen LogP contribution in [0.5, 0.6) is 5.75 Å². The van der Waals surface area contributed by atoms with Crippen LogP contribution in [0, 0.1) is 0 Å². The normalized spacial score (nSPS) is 19.9. The number of benzene rings is 2. The molecule has 144 valence electrons. The number of aromatic nitrogens is 2. The fourth-order valence-electron chi connectivity index (χ4n) is 3.52. The molecule has 0 bridgehead atoms. The maximum absolute atomic E-state index is 9.91. The molecule has 28 heavy (non-hydrogen) atoms. The molecule has 0 unspecified atom stereocenters. The molecule has 0 aliphatic heterocycles.